The SMILES string of the molecule is O=P([O-])(c1ccccc1)c1ccccc1.[Na+]. The van der Waals surface area contributed by atoms with Gasteiger partial charge in [0.1, 0.15) is 0 Å². The molecule has 0 saturated heterocycles. The van der Waals surface area contributed by atoms with Gasteiger partial charge in [-0.25, -0.2) is 0 Å². The molecule has 0 radical (unpaired) electrons. The summed E-state index contributed by atoms with van der Waals surface area (Å²) in [4.78, 5) is 12.1. The molecule has 0 atom stereocenters. The van der Waals surface area contributed by atoms with Crippen molar-refractivity contribution in [2.24, 2.45) is 0 Å². The Balaban J connectivity index is 0.00000128. The first-order chi connectivity index (χ1) is 7.21. The molecule has 0 unspecified atom stereocenters. The van der Waals surface area contributed by atoms with Crippen molar-refractivity contribution in [3.63, 3.8) is 0 Å². The zero-order valence-electron chi connectivity index (χ0n) is 9.04. The van der Waals surface area contributed by atoms with Crippen LogP contribution in [0.3, 0.4) is 0 Å². The molecule has 76 valence electrons. The molecule has 0 heterocycles. The van der Waals surface area contributed by atoms with E-state index in [9.17, 15) is 9.46 Å². The van der Waals surface area contributed by atoms with Gasteiger partial charge in [-0.15, -0.1) is 0 Å². The number of hydrogen-bond donors (Lipinski definition) is 0. The fourth-order valence-electron chi connectivity index (χ4n) is 1.40. The van der Waals surface area contributed by atoms with E-state index in [1.807, 2.05) is 0 Å². The quantitative estimate of drug-likeness (QED) is 0.463. The first kappa shape index (κ1) is 13.7. The topological polar surface area (TPSA) is 40.1 Å². The predicted octanol–water partition coefficient (Wildman–Crippen LogP) is -1.72. The number of rotatable bonds is 2. The zero-order chi connectivity index (χ0) is 10.7. The molecule has 4 heteroatoms. The molecule has 0 aliphatic rings. The van der Waals surface area contributed by atoms with E-state index in [-0.39, 0.29) is 29.6 Å². The van der Waals surface area contributed by atoms with Crippen molar-refractivity contribution in [2.45, 2.75) is 0 Å². The molecule has 0 fully saturated rings. The second kappa shape index (κ2) is 5.81. The molecule has 0 bridgehead atoms. The van der Waals surface area contributed by atoms with Gasteiger partial charge in [0.25, 0.3) is 0 Å². The molecule has 0 aliphatic heterocycles. The summed E-state index contributed by atoms with van der Waals surface area (Å²) in [6.07, 6.45) is 0. The van der Waals surface area contributed by atoms with E-state index in [1.54, 1.807) is 60.7 Å². The molecule has 0 aromatic heterocycles. The zero-order valence-corrected chi connectivity index (χ0v) is 11.9. The molecule has 2 aromatic carbocycles. The van der Waals surface area contributed by atoms with Crippen molar-refractivity contribution in [2.75, 3.05) is 0 Å². The summed E-state index contributed by atoms with van der Waals surface area (Å²) in [6.45, 7) is 0. The van der Waals surface area contributed by atoms with Gasteiger partial charge in [-0.3, -0.25) is 0 Å². The van der Waals surface area contributed by atoms with Gasteiger partial charge in [0, 0.05) is 10.6 Å². The third kappa shape index (κ3) is 2.85. The third-order valence-corrected chi connectivity index (χ3v) is 4.15. The Morgan fingerprint density at radius 1 is 0.750 bits per heavy atom. The molecule has 2 rings (SSSR count). The van der Waals surface area contributed by atoms with Crippen LogP contribution in [0.4, 0.5) is 0 Å². The van der Waals surface area contributed by atoms with Gasteiger partial charge in [-0.05, 0) is 0 Å². The van der Waals surface area contributed by atoms with Gasteiger partial charge in [0.05, 0.1) is 7.37 Å². The molecule has 0 aliphatic carbocycles. The second-order valence-electron chi connectivity index (χ2n) is 3.22. The number of hydrogen-bond acceptors (Lipinski definition) is 2. The second-order valence-corrected chi connectivity index (χ2v) is 5.36. The minimum Gasteiger partial charge on any atom is -0.793 e. The average Bonchev–Trinajstić information content (AvgIpc) is 2.31. The van der Waals surface area contributed by atoms with Crippen molar-refractivity contribution >= 4 is 18.0 Å². The summed E-state index contributed by atoms with van der Waals surface area (Å²) < 4.78 is 12.1. The van der Waals surface area contributed by atoms with Crippen LogP contribution in [0, 0.1) is 0 Å². The summed E-state index contributed by atoms with van der Waals surface area (Å²) in [5.41, 5.74) is 0. The van der Waals surface area contributed by atoms with E-state index in [2.05, 4.69) is 0 Å². The van der Waals surface area contributed by atoms with Crippen LogP contribution in [0.1, 0.15) is 0 Å². The van der Waals surface area contributed by atoms with Crippen molar-refractivity contribution in [3.05, 3.63) is 60.7 Å². The Labute approximate surface area is 117 Å². The Hall–Kier alpha value is -0.370. The summed E-state index contributed by atoms with van der Waals surface area (Å²) in [6, 6.07) is 16.9. The largest absolute Gasteiger partial charge is 1.00 e. The molecule has 0 N–H and O–H groups in total. The predicted molar refractivity (Wildman–Crippen MR) is 59.8 cm³/mol. The van der Waals surface area contributed by atoms with Gasteiger partial charge in [0.2, 0.25) is 0 Å². The van der Waals surface area contributed by atoms with Gasteiger partial charge in [-0.2, -0.15) is 0 Å². The maximum atomic E-state index is 12.1. The fourth-order valence-corrected chi connectivity index (χ4v) is 2.82. The fraction of sp³-hybridized carbons (Fsp3) is 0. The molecule has 0 amide bonds. The average molecular weight is 240 g/mol. The first-order valence-electron chi connectivity index (χ1n) is 4.63. The minimum absolute atomic E-state index is 0. The van der Waals surface area contributed by atoms with Crippen LogP contribution < -0.4 is 45.1 Å². The van der Waals surface area contributed by atoms with Crippen LogP contribution in [0.5, 0.6) is 0 Å². The monoisotopic (exact) mass is 240 g/mol. The molecule has 0 saturated carbocycles. The Morgan fingerprint density at radius 2 is 1.06 bits per heavy atom. The van der Waals surface area contributed by atoms with Crippen LogP contribution in [-0.4, -0.2) is 0 Å². The van der Waals surface area contributed by atoms with Gasteiger partial charge < -0.3 is 9.46 Å². The summed E-state index contributed by atoms with van der Waals surface area (Å²) in [7, 11) is -3.65. The van der Waals surface area contributed by atoms with Gasteiger partial charge in [0.15, 0.2) is 0 Å². The van der Waals surface area contributed by atoms with Crippen molar-refractivity contribution in [1.29, 1.82) is 0 Å². The minimum atomic E-state index is -3.65. The van der Waals surface area contributed by atoms with Crippen LogP contribution >= 0.6 is 7.37 Å². The Bertz CT molecular complexity index is 441. The van der Waals surface area contributed by atoms with Crippen LogP contribution in [0.25, 0.3) is 0 Å². The molecular weight excluding hydrogens is 230 g/mol. The van der Waals surface area contributed by atoms with Gasteiger partial charge in [-0.1, -0.05) is 60.7 Å². The van der Waals surface area contributed by atoms with E-state index in [0.29, 0.717) is 10.6 Å². The van der Waals surface area contributed by atoms with E-state index >= 15 is 0 Å². The number of benzene rings is 2. The standard InChI is InChI=1S/C12H11O2P.Na/c13-15(14,11-7-3-1-4-8-11)12-9-5-2-6-10-12;/h1-10H,(H,13,14);/q;+1/p-1. The smallest absolute Gasteiger partial charge is 0.793 e. The van der Waals surface area contributed by atoms with E-state index < -0.39 is 7.37 Å². The summed E-state index contributed by atoms with van der Waals surface area (Å²) in [5, 5.41) is 0.715. The summed E-state index contributed by atoms with van der Waals surface area (Å²) in [5.74, 6) is 0. The van der Waals surface area contributed by atoms with E-state index in [0.717, 1.165) is 0 Å². The molecule has 2 aromatic rings. The normalized spacial score (nSPS) is 10.6. The van der Waals surface area contributed by atoms with E-state index in [4.69, 9.17) is 0 Å². The first-order valence-corrected chi connectivity index (χ1v) is 6.26. The molecule has 0 spiro atoms. The third-order valence-electron chi connectivity index (χ3n) is 2.19. The van der Waals surface area contributed by atoms with Crippen LogP contribution in [0.2, 0.25) is 0 Å². The van der Waals surface area contributed by atoms with Crippen molar-refractivity contribution in [3.8, 4) is 0 Å². The van der Waals surface area contributed by atoms with Gasteiger partial charge >= 0.3 is 29.6 Å². The molecule has 16 heavy (non-hydrogen) atoms. The summed E-state index contributed by atoms with van der Waals surface area (Å²) >= 11 is 0. The van der Waals surface area contributed by atoms with Crippen LogP contribution in [-0.2, 0) is 4.57 Å². The van der Waals surface area contributed by atoms with Crippen molar-refractivity contribution < 1.29 is 39.0 Å². The Morgan fingerprint density at radius 3 is 1.38 bits per heavy atom. The molecule has 2 nitrogen and oxygen atoms in total. The molecular formula is C12H10NaO2P. The maximum Gasteiger partial charge on any atom is 1.00 e. The van der Waals surface area contributed by atoms with Crippen molar-refractivity contribution in [1.82, 2.24) is 0 Å². The maximum absolute atomic E-state index is 12.1. The Kier molecular flexibility index (Phi) is 4.97. The van der Waals surface area contributed by atoms with Crippen LogP contribution in [0.15, 0.2) is 60.7 Å². The van der Waals surface area contributed by atoms with E-state index in [1.165, 1.54) is 0 Å².